The Morgan fingerprint density at radius 3 is 2.71 bits per heavy atom. The van der Waals surface area contributed by atoms with Crippen LogP contribution in [0.4, 0.5) is 19.0 Å². The molecule has 1 saturated carbocycles. The van der Waals surface area contributed by atoms with Crippen LogP contribution in [0, 0.1) is 5.92 Å². The second-order valence-corrected chi connectivity index (χ2v) is 9.22. The molecule has 6 nitrogen and oxygen atoms in total. The molecule has 2 aromatic carbocycles. The number of halogens is 3. The number of carbonyl (C=O) groups excluding carboxylic acids is 1. The lowest BCUT2D eigenvalue weighted by Gasteiger charge is -2.30. The van der Waals surface area contributed by atoms with Crippen molar-refractivity contribution in [1.29, 1.82) is 0 Å². The van der Waals surface area contributed by atoms with Crippen LogP contribution in [0.2, 0.25) is 0 Å². The molecule has 2 aromatic heterocycles. The third-order valence-corrected chi connectivity index (χ3v) is 6.93. The molecule has 1 amide bonds. The summed E-state index contributed by atoms with van der Waals surface area (Å²) in [6.07, 6.45) is 2.15. The second-order valence-electron chi connectivity index (χ2n) is 9.22. The molecule has 0 spiro atoms. The fraction of sp³-hybridized carbons (Fsp3) is 0.320. The molecule has 0 bridgehead atoms. The van der Waals surface area contributed by atoms with Crippen LogP contribution in [0.25, 0.3) is 16.6 Å². The third-order valence-electron chi connectivity index (χ3n) is 6.93. The molecule has 2 aliphatic rings. The van der Waals surface area contributed by atoms with E-state index in [1.165, 1.54) is 6.07 Å². The van der Waals surface area contributed by atoms with Gasteiger partial charge in [0.1, 0.15) is 11.3 Å². The number of rotatable bonds is 4. The van der Waals surface area contributed by atoms with E-state index in [4.69, 9.17) is 5.73 Å². The molecule has 0 radical (unpaired) electrons. The Balaban J connectivity index is 1.39. The Labute approximate surface area is 193 Å². The van der Waals surface area contributed by atoms with Crippen LogP contribution in [0.5, 0.6) is 0 Å². The smallest absolute Gasteiger partial charge is 0.382 e. The molecule has 1 atom stereocenters. The highest BCUT2D eigenvalue weighted by molar-refractivity contribution is 5.98. The summed E-state index contributed by atoms with van der Waals surface area (Å²) in [6, 6.07) is 8.97. The zero-order valence-corrected chi connectivity index (χ0v) is 18.2. The quantitative estimate of drug-likeness (QED) is 0.459. The van der Waals surface area contributed by atoms with Gasteiger partial charge < -0.3 is 10.6 Å². The summed E-state index contributed by atoms with van der Waals surface area (Å²) in [5.41, 5.74) is 9.42. The minimum absolute atomic E-state index is 0.128. The average molecular weight is 465 g/mol. The molecule has 0 unspecified atom stereocenters. The molecule has 2 N–H and O–H groups in total. The zero-order valence-electron chi connectivity index (χ0n) is 18.2. The number of benzene rings is 2. The molecule has 34 heavy (non-hydrogen) atoms. The van der Waals surface area contributed by atoms with E-state index < -0.39 is 11.7 Å². The molecule has 2 aliphatic carbocycles. The summed E-state index contributed by atoms with van der Waals surface area (Å²) >= 11 is 0. The SMILES string of the molecule is Nc1nc2ccc(C(=O)N(CC3CC3)[C@@H]3CCc4cc(C(F)(F)F)ccc43)cc2n2cncc12. The molecule has 0 saturated heterocycles. The van der Waals surface area contributed by atoms with Crippen molar-refractivity contribution in [2.75, 3.05) is 12.3 Å². The predicted octanol–water partition coefficient (Wildman–Crippen LogP) is 5.02. The molecule has 9 heteroatoms. The Morgan fingerprint density at radius 2 is 1.94 bits per heavy atom. The first-order chi connectivity index (χ1) is 16.3. The minimum atomic E-state index is -4.38. The number of amides is 1. The number of aryl methyl sites for hydroxylation is 1. The van der Waals surface area contributed by atoms with Crippen LogP contribution in [0.3, 0.4) is 0 Å². The molecular formula is C25H22F3N5O. The lowest BCUT2D eigenvalue weighted by atomic mass is 10.0. The van der Waals surface area contributed by atoms with E-state index in [0.717, 1.165) is 30.0 Å². The van der Waals surface area contributed by atoms with Gasteiger partial charge in [-0.25, -0.2) is 9.97 Å². The summed E-state index contributed by atoms with van der Waals surface area (Å²) in [5.74, 6) is 0.668. The predicted molar refractivity (Wildman–Crippen MR) is 121 cm³/mol. The number of hydrogen-bond donors (Lipinski definition) is 1. The van der Waals surface area contributed by atoms with Gasteiger partial charge in [0.05, 0.1) is 35.2 Å². The van der Waals surface area contributed by atoms with Crippen LogP contribution < -0.4 is 5.73 Å². The van der Waals surface area contributed by atoms with Gasteiger partial charge in [0.2, 0.25) is 0 Å². The minimum Gasteiger partial charge on any atom is -0.382 e. The molecule has 2 heterocycles. The Morgan fingerprint density at radius 1 is 1.12 bits per heavy atom. The first-order valence-electron chi connectivity index (χ1n) is 11.3. The van der Waals surface area contributed by atoms with Crippen LogP contribution in [-0.4, -0.2) is 31.7 Å². The van der Waals surface area contributed by atoms with Crippen molar-refractivity contribution in [3.8, 4) is 0 Å². The first-order valence-corrected chi connectivity index (χ1v) is 11.3. The van der Waals surface area contributed by atoms with Gasteiger partial charge in [-0.2, -0.15) is 13.2 Å². The first kappa shape index (κ1) is 20.9. The maximum absolute atomic E-state index is 13.8. The summed E-state index contributed by atoms with van der Waals surface area (Å²) in [5, 5.41) is 0. The van der Waals surface area contributed by atoms with E-state index in [1.807, 2.05) is 9.30 Å². The van der Waals surface area contributed by atoms with E-state index in [-0.39, 0.29) is 11.9 Å². The van der Waals surface area contributed by atoms with Crippen molar-refractivity contribution >= 4 is 28.3 Å². The van der Waals surface area contributed by atoms with Gasteiger partial charge in [-0.1, -0.05) is 6.07 Å². The standard InChI is InChI=1S/C25H22F3N5O/c26-25(27,28)17-5-6-18-15(9-17)4-8-20(18)32(12-14-1-2-14)24(34)16-3-7-19-21(10-16)33-13-30-11-22(33)23(29)31-19/h3,5-7,9-11,13-14,20H,1-2,4,8,12H2,(H2,29,31)/t20-/m1/s1. The van der Waals surface area contributed by atoms with Gasteiger partial charge >= 0.3 is 6.18 Å². The highest BCUT2D eigenvalue weighted by atomic mass is 19.4. The number of aromatic nitrogens is 3. The van der Waals surface area contributed by atoms with Gasteiger partial charge in [-0.05, 0) is 73.1 Å². The number of hydrogen-bond acceptors (Lipinski definition) is 4. The maximum atomic E-state index is 13.8. The molecule has 0 aliphatic heterocycles. The van der Waals surface area contributed by atoms with Crippen molar-refractivity contribution in [3.05, 3.63) is 71.2 Å². The van der Waals surface area contributed by atoms with Gasteiger partial charge in [0, 0.05) is 12.1 Å². The van der Waals surface area contributed by atoms with Crippen LogP contribution >= 0.6 is 0 Å². The van der Waals surface area contributed by atoms with E-state index >= 15 is 0 Å². The van der Waals surface area contributed by atoms with Crippen LogP contribution in [0.15, 0.2) is 48.9 Å². The molecule has 4 aromatic rings. The van der Waals surface area contributed by atoms with E-state index in [0.29, 0.717) is 53.3 Å². The molecule has 174 valence electrons. The number of alkyl halides is 3. The van der Waals surface area contributed by atoms with Crippen LogP contribution in [-0.2, 0) is 12.6 Å². The second kappa shape index (κ2) is 7.44. The highest BCUT2D eigenvalue weighted by Crippen LogP contribution is 2.42. The van der Waals surface area contributed by atoms with Crippen molar-refractivity contribution in [2.45, 2.75) is 37.9 Å². The highest BCUT2D eigenvalue weighted by Gasteiger charge is 2.37. The number of carbonyl (C=O) groups is 1. The van der Waals surface area contributed by atoms with Gasteiger partial charge in [0.25, 0.3) is 5.91 Å². The maximum Gasteiger partial charge on any atom is 0.416 e. The fourth-order valence-corrected chi connectivity index (χ4v) is 5.00. The molecule has 1 fully saturated rings. The molecule has 6 rings (SSSR count). The normalized spacial score (nSPS) is 17.9. The monoisotopic (exact) mass is 465 g/mol. The number of anilines is 1. The number of fused-ring (bicyclic) bond motifs is 4. The van der Waals surface area contributed by atoms with Crippen LogP contribution in [0.1, 0.15) is 52.4 Å². The van der Waals surface area contributed by atoms with Crippen molar-refractivity contribution in [1.82, 2.24) is 19.3 Å². The third kappa shape index (κ3) is 3.46. The number of imidazole rings is 1. The molecular weight excluding hydrogens is 443 g/mol. The Hall–Kier alpha value is -3.62. The summed E-state index contributed by atoms with van der Waals surface area (Å²) in [6.45, 7) is 0.600. The Bertz CT molecular complexity index is 1440. The number of nitrogen functional groups attached to an aromatic ring is 1. The van der Waals surface area contributed by atoms with E-state index in [2.05, 4.69) is 9.97 Å². The topological polar surface area (TPSA) is 76.5 Å². The summed E-state index contributed by atoms with van der Waals surface area (Å²) in [4.78, 5) is 24.2. The van der Waals surface area contributed by atoms with Crippen molar-refractivity contribution in [3.63, 3.8) is 0 Å². The summed E-state index contributed by atoms with van der Waals surface area (Å²) in [7, 11) is 0. The van der Waals surface area contributed by atoms with E-state index in [9.17, 15) is 18.0 Å². The van der Waals surface area contributed by atoms with E-state index in [1.54, 1.807) is 36.8 Å². The zero-order chi connectivity index (χ0) is 23.6. The largest absolute Gasteiger partial charge is 0.416 e. The lowest BCUT2D eigenvalue weighted by molar-refractivity contribution is -0.137. The van der Waals surface area contributed by atoms with Crippen molar-refractivity contribution < 1.29 is 18.0 Å². The van der Waals surface area contributed by atoms with Crippen molar-refractivity contribution in [2.24, 2.45) is 5.92 Å². The van der Waals surface area contributed by atoms with Gasteiger partial charge in [-0.3, -0.25) is 9.20 Å². The fourth-order valence-electron chi connectivity index (χ4n) is 5.00. The Kier molecular flexibility index (Phi) is 4.59. The van der Waals surface area contributed by atoms with Gasteiger partial charge in [0.15, 0.2) is 0 Å². The lowest BCUT2D eigenvalue weighted by Crippen LogP contribution is -2.35. The number of nitrogens with two attached hydrogens (primary N) is 1. The number of nitrogens with zero attached hydrogens (tertiary/aromatic N) is 4. The summed E-state index contributed by atoms with van der Waals surface area (Å²) < 4.78 is 41.4. The van der Waals surface area contributed by atoms with Gasteiger partial charge in [-0.15, -0.1) is 0 Å². The average Bonchev–Trinajstić information content (AvgIpc) is 3.31.